The molecule has 0 heterocycles. The summed E-state index contributed by atoms with van der Waals surface area (Å²) in [5.41, 5.74) is -3.06. The number of aliphatic hydroxyl groups is 2. The number of methoxy groups -OCH3 is 4. The zero-order valence-corrected chi connectivity index (χ0v) is 19.8. The second-order valence-electron chi connectivity index (χ2n) is 8.43. The van der Waals surface area contributed by atoms with E-state index in [0.29, 0.717) is 5.56 Å². The fourth-order valence-corrected chi connectivity index (χ4v) is 5.51. The van der Waals surface area contributed by atoms with Crippen molar-refractivity contribution in [1.82, 2.24) is 0 Å². The van der Waals surface area contributed by atoms with E-state index in [1.54, 1.807) is 0 Å². The molecule has 0 radical (unpaired) electrons. The first-order valence-electron chi connectivity index (χ1n) is 10.7. The molecule has 2 N–H and O–H groups in total. The Bertz CT molecular complexity index is 1130. The van der Waals surface area contributed by atoms with Crippen molar-refractivity contribution in [2.75, 3.05) is 28.4 Å². The number of ether oxygens (including phenoxy) is 4. The summed E-state index contributed by atoms with van der Waals surface area (Å²) < 4.78 is 19.3. The lowest BCUT2D eigenvalue weighted by molar-refractivity contribution is -0.384. The van der Waals surface area contributed by atoms with E-state index in [1.165, 1.54) is 24.3 Å². The van der Waals surface area contributed by atoms with E-state index in [1.807, 2.05) is 0 Å². The first-order chi connectivity index (χ1) is 17.0. The van der Waals surface area contributed by atoms with Gasteiger partial charge in [-0.15, -0.1) is 0 Å². The van der Waals surface area contributed by atoms with Crippen molar-refractivity contribution in [3.8, 4) is 0 Å². The van der Waals surface area contributed by atoms with Gasteiger partial charge < -0.3 is 29.2 Å². The molecule has 1 saturated carbocycles. The van der Waals surface area contributed by atoms with E-state index in [4.69, 9.17) is 18.9 Å². The molecular weight excluding hydrogens is 482 g/mol. The Hall–Kier alpha value is -4.00. The number of aliphatic hydroxyl groups excluding tert-OH is 1. The standard InChI is InChI=1S/C23H25NO12/c1-33-19(26)14-13-9-12(10-5-7-11(8-6-10)24(31)32)15(20(27)34-2)23(30,16(13)21(28)35-3)17(18(14)25)22(29)36-4/h5-8,12-13,15-17,25,30H,9H2,1-4H3/t12-,13-,15-,16-,17?,23-/m1/s1. The molecule has 6 atom stereocenters. The number of rotatable bonds is 6. The Kier molecular flexibility index (Phi) is 7.34. The Morgan fingerprint density at radius 3 is 1.83 bits per heavy atom. The van der Waals surface area contributed by atoms with E-state index in [0.717, 1.165) is 28.4 Å². The summed E-state index contributed by atoms with van der Waals surface area (Å²) >= 11 is 0. The predicted octanol–water partition coefficient (Wildman–Crippen LogP) is 0.796. The Morgan fingerprint density at radius 1 is 0.889 bits per heavy atom. The second-order valence-corrected chi connectivity index (χ2v) is 8.43. The maximum Gasteiger partial charge on any atom is 0.337 e. The van der Waals surface area contributed by atoms with Gasteiger partial charge in [0, 0.05) is 24.0 Å². The Balaban J connectivity index is 2.38. The molecule has 0 saturated heterocycles. The molecule has 0 aromatic heterocycles. The summed E-state index contributed by atoms with van der Waals surface area (Å²) in [5.74, 6) is -13.0. The van der Waals surface area contributed by atoms with Crippen molar-refractivity contribution < 1.29 is 53.3 Å². The van der Waals surface area contributed by atoms with Crippen molar-refractivity contribution >= 4 is 29.6 Å². The maximum atomic E-state index is 13.1. The highest BCUT2D eigenvalue weighted by Gasteiger charge is 2.71. The zero-order chi connectivity index (χ0) is 26.9. The molecule has 0 spiro atoms. The third kappa shape index (κ3) is 3.94. The van der Waals surface area contributed by atoms with Crippen molar-refractivity contribution in [3.63, 3.8) is 0 Å². The van der Waals surface area contributed by atoms with Gasteiger partial charge in [0.2, 0.25) is 0 Å². The first kappa shape index (κ1) is 26.6. The summed E-state index contributed by atoms with van der Waals surface area (Å²) in [6.45, 7) is 0. The second kappa shape index (κ2) is 9.93. The quantitative estimate of drug-likeness (QED) is 0.239. The number of carbonyl (C=O) groups is 4. The fraction of sp³-hybridized carbons (Fsp3) is 0.478. The minimum Gasteiger partial charge on any atom is -0.511 e. The summed E-state index contributed by atoms with van der Waals surface area (Å²) in [7, 11) is 4.03. The monoisotopic (exact) mass is 507 g/mol. The van der Waals surface area contributed by atoms with Gasteiger partial charge in [-0.25, -0.2) is 4.79 Å². The molecule has 1 fully saturated rings. The first-order valence-corrected chi connectivity index (χ1v) is 10.7. The van der Waals surface area contributed by atoms with Gasteiger partial charge in [-0.1, -0.05) is 12.1 Å². The highest BCUT2D eigenvalue weighted by Crippen LogP contribution is 2.60. The molecule has 2 bridgehead atoms. The SMILES string of the molecule is COC(=O)C1=C(O)C(C(=O)OC)[C@]2(O)[C@@H](C(=O)OC)[C@@H]1C[C@H](c1ccc([N+](=O)[O-])cc1)[C@@H]2C(=O)OC. The number of nitrogens with zero attached hydrogens (tertiary/aromatic N) is 1. The van der Waals surface area contributed by atoms with Crippen LogP contribution < -0.4 is 0 Å². The average Bonchev–Trinajstić information content (AvgIpc) is 2.86. The number of hydrogen-bond acceptors (Lipinski definition) is 12. The number of fused-ring (bicyclic) bond motifs is 2. The maximum absolute atomic E-state index is 13.1. The van der Waals surface area contributed by atoms with Crippen molar-refractivity contribution in [3.05, 3.63) is 51.3 Å². The van der Waals surface area contributed by atoms with Crippen LogP contribution in [-0.2, 0) is 38.1 Å². The molecule has 2 aliphatic rings. The summed E-state index contributed by atoms with van der Waals surface area (Å²) in [4.78, 5) is 62.3. The highest BCUT2D eigenvalue weighted by atomic mass is 16.6. The van der Waals surface area contributed by atoms with Gasteiger partial charge in [0.25, 0.3) is 5.69 Å². The molecule has 36 heavy (non-hydrogen) atoms. The van der Waals surface area contributed by atoms with Crippen LogP contribution in [0.25, 0.3) is 0 Å². The minimum atomic E-state index is -2.68. The average molecular weight is 507 g/mol. The van der Waals surface area contributed by atoms with Crippen molar-refractivity contribution in [1.29, 1.82) is 0 Å². The lowest BCUT2D eigenvalue weighted by Crippen LogP contribution is -2.68. The van der Waals surface area contributed by atoms with Crippen LogP contribution in [0.3, 0.4) is 0 Å². The van der Waals surface area contributed by atoms with Gasteiger partial charge in [-0.3, -0.25) is 24.5 Å². The molecule has 0 amide bonds. The predicted molar refractivity (Wildman–Crippen MR) is 117 cm³/mol. The molecule has 1 unspecified atom stereocenters. The van der Waals surface area contributed by atoms with Crippen molar-refractivity contribution in [2.24, 2.45) is 23.7 Å². The Morgan fingerprint density at radius 2 is 1.39 bits per heavy atom. The minimum absolute atomic E-state index is 0.192. The van der Waals surface area contributed by atoms with E-state index in [-0.39, 0.29) is 12.1 Å². The van der Waals surface area contributed by atoms with Gasteiger partial charge in [0.05, 0.1) is 50.8 Å². The normalized spacial score (nSPS) is 29.1. The third-order valence-corrected chi connectivity index (χ3v) is 6.98. The molecule has 13 heteroatoms. The van der Waals surface area contributed by atoms with Gasteiger partial charge in [0.15, 0.2) is 0 Å². The molecule has 3 rings (SSSR count). The molecule has 194 valence electrons. The molecule has 0 aliphatic heterocycles. The number of carbonyl (C=O) groups excluding carboxylic acids is 4. The van der Waals surface area contributed by atoms with Crippen LogP contribution in [0.4, 0.5) is 5.69 Å². The van der Waals surface area contributed by atoms with Crippen LogP contribution in [0.15, 0.2) is 35.6 Å². The number of nitro groups is 1. The summed E-state index contributed by atoms with van der Waals surface area (Å²) in [5, 5.41) is 34.3. The number of esters is 4. The molecule has 1 aromatic rings. The highest BCUT2D eigenvalue weighted by molar-refractivity contribution is 5.96. The summed E-state index contributed by atoms with van der Waals surface area (Å²) in [6.07, 6.45) is -0.192. The third-order valence-electron chi connectivity index (χ3n) is 6.98. The van der Waals surface area contributed by atoms with Gasteiger partial charge >= 0.3 is 23.9 Å². The fourth-order valence-electron chi connectivity index (χ4n) is 5.51. The van der Waals surface area contributed by atoms with E-state index >= 15 is 0 Å². The van der Waals surface area contributed by atoms with E-state index in [9.17, 15) is 39.5 Å². The smallest absolute Gasteiger partial charge is 0.337 e. The van der Waals surface area contributed by atoms with Gasteiger partial charge in [-0.2, -0.15) is 0 Å². The molecular formula is C23H25NO12. The van der Waals surface area contributed by atoms with Crippen LogP contribution in [0.5, 0.6) is 0 Å². The van der Waals surface area contributed by atoms with Crippen LogP contribution in [0.1, 0.15) is 17.9 Å². The molecule has 1 aromatic carbocycles. The number of benzene rings is 1. The van der Waals surface area contributed by atoms with Crippen LogP contribution in [0, 0.1) is 33.8 Å². The topological polar surface area (TPSA) is 189 Å². The van der Waals surface area contributed by atoms with Gasteiger partial charge in [-0.05, 0) is 12.0 Å². The van der Waals surface area contributed by atoms with Crippen LogP contribution in [-0.4, -0.2) is 73.1 Å². The number of hydrogen-bond donors (Lipinski definition) is 2. The van der Waals surface area contributed by atoms with Crippen molar-refractivity contribution in [2.45, 2.75) is 17.9 Å². The molecule has 2 aliphatic carbocycles. The number of nitro benzene ring substituents is 1. The largest absolute Gasteiger partial charge is 0.511 e. The number of non-ortho nitro benzene ring substituents is 1. The van der Waals surface area contributed by atoms with E-state index in [2.05, 4.69) is 0 Å². The van der Waals surface area contributed by atoms with Gasteiger partial charge in [0.1, 0.15) is 17.3 Å². The Labute approximate surface area is 204 Å². The zero-order valence-electron chi connectivity index (χ0n) is 19.8. The molecule has 13 nitrogen and oxygen atoms in total. The lowest BCUT2D eigenvalue weighted by atomic mass is 9.49. The van der Waals surface area contributed by atoms with Crippen LogP contribution >= 0.6 is 0 Å². The van der Waals surface area contributed by atoms with Crippen LogP contribution in [0.2, 0.25) is 0 Å². The lowest BCUT2D eigenvalue weighted by Gasteiger charge is -2.55. The summed E-state index contributed by atoms with van der Waals surface area (Å²) in [6, 6.07) is 5.07. The van der Waals surface area contributed by atoms with E-state index < -0.39 is 75.3 Å².